The largest absolute Gasteiger partial charge is 0.383 e. The van der Waals surface area contributed by atoms with Crippen LogP contribution in [0.5, 0.6) is 0 Å². The number of hydrogen-bond acceptors (Lipinski definition) is 4. The minimum Gasteiger partial charge on any atom is -0.383 e. The van der Waals surface area contributed by atoms with E-state index in [4.69, 9.17) is 16.3 Å². The molecule has 6 heteroatoms. The average Bonchev–Trinajstić information content (AvgIpc) is 3.14. The number of likely N-dealkylation sites (tertiary alicyclic amines) is 1. The number of nitrogens with zero attached hydrogens (tertiary/aromatic N) is 1. The molecule has 170 valence electrons. The maximum atomic E-state index is 13.0. The highest BCUT2D eigenvalue weighted by atomic mass is 35.5. The number of hydrogen-bond donors (Lipinski definition) is 2. The molecule has 1 aliphatic heterocycles. The van der Waals surface area contributed by atoms with Crippen LogP contribution in [0, 0.1) is 23.7 Å². The second-order valence-corrected chi connectivity index (χ2v) is 10.8. The third-order valence-corrected chi connectivity index (χ3v) is 8.67. The zero-order valence-electron chi connectivity index (χ0n) is 18.6. The lowest BCUT2D eigenvalue weighted by Gasteiger charge is -2.55. The molecule has 4 aliphatic carbocycles. The van der Waals surface area contributed by atoms with Gasteiger partial charge in [0.1, 0.15) is 0 Å². The molecule has 2 N–H and O–H groups in total. The van der Waals surface area contributed by atoms with Gasteiger partial charge in [-0.2, -0.15) is 0 Å². The summed E-state index contributed by atoms with van der Waals surface area (Å²) < 4.78 is 5.11. The molecule has 6 rings (SSSR count). The van der Waals surface area contributed by atoms with Gasteiger partial charge in [-0.05, 0) is 73.8 Å². The monoisotopic (exact) mass is 445 g/mol. The first-order valence-electron chi connectivity index (χ1n) is 12.1. The van der Waals surface area contributed by atoms with Gasteiger partial charge < -0.3 is 15.4 Å². The van der Waals surface area contributed by atoms with E-state index in [1.807, 2.05) is 18.2 Å². The number of amides is 1. The number of methoxy groups -OCH3 is 1. The summed E-state index contributed by atoms with van der Waals surface area (Å²) in [5.74, 6) is 3.78. The van der Waals surface area contributed by atoms with Crippen molar-refractivity contribution in [1.82, 2.24) is 15.5 Å². The second-order valence-electron chi connectivity index (χ2n) is 10.4. The highest BCUT2D eigenvalue weighted by Crippen LogP contribution is 2.53. The van der Waals surface area contributed by atoms with Gasteiger partial charge in [-0.3, -0.25) is 9.69 Å². The Hall–Kier alpha value is -1.14. The molecule has 1 aromatic carbocycles. The molecule has 31 heavy (non-hydrogen) atoms. The Labute approximate surface area is 191 Å². The van der Waals surface area contributed by atoms with E-state index in [0.29, 0.717) is 31.8 Å². The van der Waals surface area contributed by atoms with Crippen molar-refractivity contribution in [3.8, 4) is 0 Å². The normalized spacial score (nSPS) is 36.8. The fourth-order valence-electron chi connectivity index (χ4n) is 7.18. The van der Waals surface area contributed by atoms with Crippen LogP contribution in [0.1, 0.15) is 44.1 Å². The standard InChI is InChI=1S/C25H36ClN3O2/c1-31-7-6-27-25(30)23-13-21(15-29(23)14-18-4-2-3-5-22(18)26)28-24-19-9-16-8-17(11-19)12-20(24)10-16/h2-5,16-17,19-21,23-24,28H,6-15H2,1H3,(H,27,30)/t16?,17?,19?,20?,21-,23-,24?/m0/s1. The fraction of sp³-hybridized carbons (Fsp3) is 0.720. The topological polar surface area (TPSA) is 53.6 Å². The van der Waals surface area contributed by atoms with Crippen LogP contribution in [0.25, 0.3) is 0 Å². The van der Waals surface area contributed by atoms with E-state index >= 15 is 0 Å². The quantitative estimate of drug-likeness (QED) is 0.602. The van der Waals surface area contributed by atoms with Crippen molar-refractivity contribution >= 4 is 17.5 Å². The second kappa shape index (κ2) is 9.38. The summed E-state index contributed by atoms with van der Waals surface area (Å²) in [5, 5.41) is 7.91. The number of ether oxygens (including phenoxy) is 1. The van der Waals surface area contributed by atoms with E-state index in [1.165, 1.54) is 32.1 Å². The van der Waals surface area contributed by atoms with Crippen molar-refractivity contribution in [2.45, 2.75) is 63.2 Å². The van der Waals surface area contributed by atoms with Crippen LogP contribution in [-0.4, -0.2) is 55.7 Å². The van der Waals surface area contributed by atoms with Crippen LogP contribution in [0.15, 0.2) is 24.3 Å². The van der Waals surface area contributed by atoms with Crippen LogP contribution in [0.2, 0.25) is 5.02 Å². The molecule has 4 saturated carbocycles. The first-order chi connectivity index (χ1) is 15.1. The van der Waals surface area contributed by atoms with Gasteiger partial charge in [-0.25, -0.2) is 0 Å². The van der Waals surface area contributed by atoms with Gasteiger partial charge in [-0.15, -0.1) is 0 Å². The van der Waals surface area contributed by atoms with Gasteiger partial charge in [0.2, 0.25) is 5.91 Å². The zero-order chi connectivity index (χ0) is 21.4. The molecule has 5 fully saturated rings. The lowest BCUT2D eigenvalue weighted by Crippen LogP contribution is -2.57. The third kappa shape index (κ3) is 4.66. The Morgan fingerprint density at radius 3 is 2.48 bits per heavy atom. The molecule has 1 amide bonds. The van der Waals surface area contributed by atoms with Crippen molar-refractivity contribution in [1.29, 1.82) is 0 Å². The maximum Gasteiger partial charge on any atom is 0.237 e. The van der Waals surface area contributed by atoms with E-state index in [2.05, 4.69) is 21.6 Å². The summed E-state index contributed by atoms with van der Waals surface area (Å²) in [6.45, 7) is 2.70. The Balaban J connectivity index is 1.27. The fourth-order valence-corrected chi connectivity index (χ4v) is 7.38. The molecule has 0 aromatic heterocycles. The summed E-state index contributed by atoms with van der Waals surface area (Å²) in [7, 11) is 1.66. The van der Waals surface area contributed by atoms with Crippen LogP contribution < -0.4 is 10.6 Å². The number of rotatable bonds is 8. The van der Waals surface area contributed by atoms with E-state index < -0.39 is 0 Å². The predicted molar refractivity (Wildman–Crippen MR) is 123 cm³/mol. The highest BCUT2D eigenvalue weighted by Gasteiger charge is 2.49. The molecular weight excluding hydrogens is 410 g/mol. The minimum atomic E-state index is -0.123. The number of nitrogens with one attached hydrogen (secondary N) is 2. The number of carbonyl (C=O) groups excluding carboxylic acids is 1. The summed E-state index contributed by atoms with van der Waals surface area (Å²) in [6, 6.07) is 8.88. The van der Waals surface area contributed by atoms with Crippen molar-refractivity contribution in [2.75, 3.05) is 26.8 Å². The van der Waals surface area contributed by atoms with Gasteiger partial charge in [0.05, 0.1) is 12.6 Å². The predicted octanol–water partition coefficient (Wildman–Crippen LogP) is 3.46. The first kappa shape index (κ1) is 21.7. The Kier molecular flexibility index (Phi) is 6.57. The Morgan fingerprint density at radius 2 is 1.81 bits per heavy atom. The van der Waals surface area contributed by atoms with E-state index in [-0.39, 0.29) is 11.9 Å². The van der Waals surface area contributed by atoms with Crippen LogP contribution >= 0.6 is 11.6 Å². The summed E-state index contributed by atoms with van der Waals surface area (Å²) in [4.78, 5) is 15.3. The molecule has 1 aromatic rings. The third-order valence-electron chi connectivity index (χ3n) is 8.30. The zero-order valence-corrected chi connectivity index (χ0v) is 19.3. The first-order valence-corrected chi connectivity index (χ1v) is 12.5. The van der Waals surface area contributed by atoms with E-state index in [1.54, 1.807) is 7.11 Å². The molecule has 1 saturated heterocycles. The van der Waals surface area contributed by atoms with E-state index in [0.717, 1.165) is 47.2 Å². The van der Waals surface area contributed by atoms with Gasteiger partial charge >= 0.3 is 0 Å². The molecular formula is C25H36ClN3O2. The smallest absolute Gasteiger partial charge is 0.237 e. The Bertz CT molecular complexity index is 760. The molecule has 0 unspecified atom stereocenters. The van der Waals surface area contributed by atoms with Gasteiger partial charge in [0, 0.05) is 43.9 Å². The van der Waals surface area contributed by atoms with Crippen molar-refractivity contribution in [3.63, 3.8) is 0 Å². The average molecular weight is 446 g/mol. The summed E-state index contributed by atoms with van der Waals surface area (Å²) in [5.41, 5.74) is 1.09. The van der Waals surface area contributed by atoms with Gasteiger partial charge in [0.15, 0.2) is 0 Å². The van der Waals surface area contributed by atoms with Crippen LogP contribution in [-0.2, 0) is 16.1 Å². The highest BCUT2D eigenvalue weighted by molar-refractivity contribution is 6.31. The number of halogens is 1. The maximum absolute atomic E-state index is 13.0. The minimum absolute atomic E-state index is 0.110. The van der Waals surface area contributed by atoms with Crippen molar-refractivity contribution < 1.29 is 9.53 Å². The van der Waals surface area contributed by atoms with Gasteiger partial charge in [0.25, 0.3) is 0 Å². The summed E-state index contributed by atoms with van der Waals surface area (Å²) in [6.07, 6.45) is 8.02. The molecule has 0 spiro atoms. The number of carbonyl (C=O) groups is 1. The molecule has 5 aliphatic rings. The van der Waals surface area contributed by atoms with Crippen molar-refractivity contribution in [3.05, 3.63) is 34.9 Å². The molecule has 5 nitrogen and oxygen atoms in total. The number of benzene rings is 1. The molecule has 2 atom stereocenters. The molecule has 1 heterocycles. The molecule has 0 radical (unpaired) electrons. The molecule has 4 bridgehead atoms. The van der Waals surface area contributed by atoms with Crippen LogP contribution in [0.3, 0.4) is 0 Å². The van der Waals surface area contributed by atoms with Crippen molar-refractivity contribution in [2.24, 2.45) is 23.7 Å². The summed E-state index contributed by atoms with van der Waals surface area (Å²) >= 11 is 6.45. The Morgan fingerprint density at radius 1 is 1.10 bits per heavy atom. The van der Waals surface area contributed by atoms with Crippen LogP contribution in [0.4, 0.5) is 0 Å². The SMILES string of the molecule is COCCNC(=O)[C@@H]1C[C@H](NC2C3CC4CC(C3)CC2C4)CN1Cc1ccccc1Cl. The van der Waals surface area contributed by atoms with Gasteiger partial charge in [-0.1, -0.05) is 29.8 Å². The lowest BCUT2D eigenvalue weighted by atomic mass is 9.54. The lowest BCUT2D eigenvalue weighted by molar-refractivity contribution is -0.125. The van der Waals surface area contributed by atoms with E-state index in [9.17, 15) is 4.79 Å².